The van der Waals surface area contributed by atoms with Crippen LogP contribution in [0.5, 0.6) is 5.88 Å². The average molecular weight is 443 g/mol. The van der Waals surface area contributed by atoms with Gasteiger partial charge in [-0.25, -0.2) is 9.56 Å². The molecule has 30 heavy (non-hydrogen) atoms. The Bertz CT molecular complexity index is 1090. The number of benzene rings is 1. The third-order valence-corrected chi connectivity index (χ3v) is 5.28. The molecular weight excluding hydrogens is 422 g/mol. The van der Waals surface area contributed by atoms with E-state index in [1.807, 2.05) is 42.9 Å². The monoisotopic (exact) mass is 442 g/mol. The number of aromatic amines is 1. The summed E-state index contributed by atoms with van der Waals surface area (Å²) in [5.74, 6) is 0.189. The molecule has 1 amide bonds. The van der Waals surface area contributed by atoms with Gasteiger partial charge in [0.25, 0.3) is 5.91 Å². The maximum absolute atomic E-state index is 12.6. The zero-order valence-electron chi connectivity index (χ0n) is 16.6. The fourth-order valence-corrected chi connectivity index (χ4v) is 3.70. The number of thioether (sulfide) groups is 1. The Labute approximate surface area is 183 Å². The molecule has 2 aromatic heterocycles. The average Bonchev–Trinajstić information content (AvgIpc) is 3.29. The van der Waals surface area contributed by atoms with E-state index in [1.54, 1.807) is 24.3 Å². The van der Waals surface area contributed by atoms with Crippen molar-refractivity contribution in [2.75, 3.05) is 5.75 Å². The van der Waals surface area contributed by atoms with Gasteiger partial charge in [0.1, 0.15) is 0 Å². The Hall–Kier alpha value is -2.90. The molecule has 4 rings (SSSR count). The molecule has 0 radical (unpaired) electrons. The molecule has 3 heterocycles. The summed E-state index contributed by atoms with van der Waals surface area (Å²) < 4.78 is 1.94. The Morgan fingerprint density at radius 2 is 1.77 bits per heavy atom. The molecule has 0 saturated carbocycles. The minimum Gasteiger partial charge on any atom is -0.494 e. The lowest BCUT2D eigenvalue weighted by Gasteiger charge is -2.01. The molecule has 1 aliphatic heterocycles. The van der Waals surface area contributed by atoms with Gasteiger partial charge in [0, 0.05) is 22.7 Å². The number of H-pyrrole nitrogens is 1. The first-order valence-corrected chi connectivity index (χ1v) is 10.9. The first-order chi connectivity index (χ1) is 14.6. The van der Waals surface area contributed by atoms with Crippen LogP contribution in [0.4, 0.5) is 0 Å². The highest BCUT2D eigenvalue weighted by Crippen LogP contribution is 2.38. The zero-order chi connectivity index (χ0) is 21.7. The van der Waals surface area contributed by atoms with Gasteiger partial charge in [-0.3, -0.25) is 9.59 Å². The summed E-state index contributed by atoms with van der Waals surface area (Å²) in [5, 5.41) is 11.0. The van der Waals surface area contributed by atoms with Crippen molar-refractivity contribution < 1.29 is 19.3 Å². The van der Waals surface area contributed by atoms with Gasteiger partial charge in [0.05, 0.1) is 28.3 Å². The van der Waals surface area contributed by atoms with Gasteiger partial charge in [-0.2, -0.15) is 0 Å². The third kappa shape index (κ3) is 4.32. The second-order valence-electron chi connectivity index (χ2n) is 6.16. The Balaban J connectivity index is 0.00000124. The van der Waals surface area contributed by atoms with Crippen LogP contribution < -0.4 is 4.57 Å². The van der Waals surface area contributed by atoms with Crippen LogP contribution >= 0.6 is 23.4 Å². The van der Waals surface area contributed by atoms with Crippen molar-refractivity contribution in [2.45, 2.75) is 20.4 Å². The molecule has 0 spiro atoms. The second kappa shape index (κ2) is 9.73. The van der Waals surface area contributed by atoms with Crippen LogP contribution in [0.2, 0.25) is 5.02 Å². The quantitative estimate of drug-likeness (QED) is 0.339. The molecule has 0 fully saturated rings. The summed E-state index contributed by atoms with van der Waals surface area (Å²) >= 11 is 7.15. The van der Waals surface area contributed by atoms with Crippen molar-refractivity contribution in [3.8, 4) is 17.1 Å². The molecule has 0 bridgehead atoms. The molecule has 6 nitrogen and oxygen atoms in total. The molecule has 0 atom stereocenters. The summed E-state index contributed by atoms with van der Waals surface area (Å²) in [6.45, 7) is 4.69. The molecule has 1 aromatic carbocycles. The van der Waals surface area contributed by atoms with Crippen LogP contribution in [0.25, 0.3) is 11.3 Å². The number of aryl methyl sites for hydroxylation is 1. The molecule has 154 valence electrons. The number of aromatic hydroxyl groups is 1. The number of rotatable bonds is 6. The lowest BCUT2D eigenvalue weighted by atomic mass is 10.0. The molecule has 8 heteroatoms. The van der Waals surface area contributed by atoms with E-state index in [4.69, 9.17) is 11.6 Å². The number of aliphatic imine (C=N–C) groups is 1. The number of fused-ring (bicyclic) bond motifs is 1. The predicted octanol–water partition coefficient (Wildman–Crippen LogP) is 4.27. The maximum atomic E-state index is 12.6. The van der Waals surface area contributed by atoms with Crippen molar-refractivity contribution in [1.82, 2.24) is 4.98 Å². The van der Waals surface area contributed by atoms with E-state index in [-0.39, 0.29) is 5.88 Å². The molecule has 3 aromatic rings. The summed E-state index contributed by atoms with van der Waals surface area (Å²) in [4.78, 5) is 30.0. The van der Waals surface area contributed by atoms with E-state index in [0.717, 1.165) is 16.7 Å². The van der Waals surface area contributed by atoms with E-state index in [0.29, 0.717) is 39.9 Å². The maximum Gasteiger partial charge on any atom is 0.280 e. The zero-order valence-corrected chi connectivity index (χ0v) is 18.1. The van der Waals surface area contributed by atoms with E-state index < -0.39 is 5.91 Å². The summed E-state index contributed by atoms with van der Waals surface area (Å²) in [6.07, 6.45) is 3.71. The first kappa shape index (κ1) is 21.8. The van der Waals surface area contributed by atoms with Gasteiger partial charge in [0.2, 0.25) is 0 Å². The van der Waals surface area contributed by atoms with Crippen LogP contribution in [0, 0.1) is 0 Å². The number of nitrogens with zero attached hydrogens (tertiary/aromatic N) is 2. The van der Waals surface area contributed by atoms with Crippen molar-refractivity contribution in [3.05, 3.63) is 70.5 Å². The number of aromatic nitrogens is 2. The largest absolute Gasteiger partial charge is 0.494 e. The van der Waals surface area contributed by atoms with Crippen LogP contribution in [0.1, 0.15) is 35.3 Å². The number of nitrogens with one attached hydrogen (secondary N) is 1. The number of halogens is 1. The Morgan fingerprint density at radius 3 is 2.40 bits per heavy atom. The van der Waals surface area contributed by atoms with Gasteiger partial charge in [-0.15, -0.1) is 0 Å². The summed E-state index contributed by atoms with van der Waals surface area (Å²) in [5.41, 5.74) is 4.00. The molecule has 0 unspecified atom stereocenters. The van der Waals surface area contributed by atoms with Gasteiger partial charge < -0.3 is 10.1 Å². The van der Waals surface area contributed by atoms with E-state index >= 15 is 0 Å². The predicted molar refractivity (Wildman–Crippen MR) is 120 cm³/mol. The van der Waals surface area contributed by atoms with Crippen molar-refractivity contribution in [2.24, 2.45) is 4.99 Å². The summed E-state index contributed by atoms with van der Waals surface area (Å²) in [7, 11) is 0. The van der Waals surface area contributed by atoms with Gasteiger partial charge in [-0.05, 0) is 17.7 Å². The number of hydrogen-bond donors (Lipinski definition) is 2. The fourth-order valence-electron chi connectivity index (χ4n) is 3.16. The van der Waals surface area contributed by atoms with Gasteiger partial charge in [0.15, 0.2) is 30.4 Å². The van der Waals surface area contributed by atoms with E-state index in [1.165, 1.54) is 11.8 Å². The number of carbonyl (C=O) groups excluding carboxylic acids is 2. The number of hydrogen-bond acceptors (Lipinski definition) is 4. The Morgan fingerprint density at radius 1 is 1.10 bits per heavy atom. The lowest BCUT2D eigenvalue weighted by molar-refractivity contribution is -0.692. The van der Waals surface area contributed by atoms with Gasteiger partial charge >= 0.3 is 0 Å². The second-order valence-corrected chi connectivity index (χ2v) is 7.53. The van der Waals surface area contributed by atoms with Crippen molar-refractivity contribution in [1.29, 1.82) is 0 Å². The van der Waals surface area contributed by atoms with Crippen LogP contribution in [-0.4, -0.2) is 33.1 Å². The molecule has 2 N–H and O–H groups in total. The van der Waals surface area contributed by atoms with Crippen molar-refractivity contribution >= 4 is 40.6 Å². The van der Waals surface area contributed by atoms with E-state index in [2.05, 4.69) is 9.98 Å². The Kier molecular flexibility index (Phi) is 7.07. The van der Waals surface area contributed by atoms with Gasteiger partial charge in [-0.1, -0.05) is 49.3 Å². The minimum absolute atomic E-state index is 0.0938. The van der Waals surface area contributed by atoms with Crippen LogP contribution in [-0.2, 0) is 11.3 Å². The minimum atomic E-state index is -0.398. The molecule has 1 aliphatic rings. The number of amides is 1. The molecular formula is C22H21ClN3O3S+. The third-order valence-electron chi connectivity index (χ3n) is 4.48. The SMILES string of the molecule is CC.O=CSCC[n+]1ccc(C2=NC(=O)c3c(-c4ccc(Cl)cc4)[nH]c(O)c32)cc1. The van der Waals surface area contributed by atoms with E-state index in [9.17, 15) is 14.7 Å². The molecule has 0 aliphatic carbocycles. The highest BCUT2D eigenvalue weighted by Gasteiger charge is 2.33. The van der Waals surface area contributed by atoms with Crippen LogP contribution in [0.15, 0.2) is 53.8 Å². The normalized spacial score (nSPS) is 12.1. The first-order valence-electron chi connectivity index (χ1n) is 9.47. The lowest BCUT2D eigenvalue weighted by Crippen LogP contribution is -2.34. The molecule has 0 saturated heterocycles. The summed E-state index contributed by atoms with van der Waals surface area (Å²) in [6, 6.07) is 10.7. The smallest absolute Gasteiger partial charge is 0.280 e. The van der Waals surface area contributed by atoms with Crippen LogP contribution in [0.3, 0.4) is 0 Å². The highest BCUT2D eigenvalue weighted by atomic mass is 35.5. The number of pyridine rings is 1. The number of carbonyl (C=O) groups is 2. The fraction of sp³-hybridized carbons (Fsp3) is 0.182. The standard InChI is InChI=1S/C20H14ClN3O3S.C2H6/c21-14-3-1-12(2-4-14)17-15-16(20(27)22-17)18(23-19(15)26)13-5-7-24(8-6-13)9-10-28-11-25;1-2/h1-8,11H,9-10H2,(H,23,26);1-2H3/p+1. The highest BCUT2D eigenvalue weighted by molar-refractivity contribution is 8.11. The topological polar surface area (TPSA) is 86.4 Å². The van der Waals surface area contributed by atoms with Crippen molar-refractivity contribution in [3.63, 3.8) is 0 Å².